The minimum atomic E-state index is -0.855. The van der Waals surface area contributed by atoms with Gasteiger partial charge in [-0.25, -0.2) is 10.2 Å². The first-order valence-electron chi connectivity index (χ1n) is 12.4. The molecule has 39 heavy (non-hydrogen) atoms. The molecule has 11 heteroatoms. The Kier molecular flexibility index (Phi) is 9.61. The van der Waals surface area contributed by atoms with Crippen molar-refractivity contribution in [3.63, 3.8) is 0 Å². The number of nitrogens with zero attached hydrogens (tertiary/aromatic N) is 1. The summed E-state index contributed by atoms with van der Waals surface area (Å²) < 4.78 is 10.9. The maximum Gasteiger partial charge on any atom is 0.341 e. The lowest BCUT2D eigenvalue weighted by Crippen LogP contribution is -2.33. The van der Waals surface area contributed by atoms with Gasteiger partial charge < -0.3 is 14.8 Å². The Morgan fingerprint density at radius 2 is 1.85 bits per heavy atom. The molecule has 8 nitrogen and oxygen atoms in total. The lowest BCUT2D eigenvalue weighted by Gasteiger charge is -2.13. The number of nitrogens with one attached hydrogen (secondary N) is 2. The van der Waals surface area contributed by atoms with E-state index in [1.165, 1.54) is 17.6 Å². The van der Waals surface area contributed by atoms with E-state index in [0.717, 1.165) is 36.1 Å². The van der Waals surface area contributed by atoms with E-state index in [0.29, 0.717) is 37.5 Å². The van der Waals surface area contributed by atoms with Crippen LogP contribution in [-0.4, -0.2) is 36.7 Å². The molecule has 0 fully saturated rings. The van der Waals surface area contributed by atoms with Crippen molar-refractivity contribution in [2.24, 2.45) is 5.10 Å². The van der Waals surface area contributed by atoms with E-state index in [2.05, 4.69) is 15.8 Å². The van der Waals surface area contributed by atoms with Gasteiger partial charge in [0, 0.05) is 21.0 Å². The maximum atomic E-state index is 13.0. The van der Waals surface area contributed by atoms with Crippen molar-refractivity contribution in [1.82, 2.24) is 5.43 Å². The first-order valence-corrected chi connectivity index (χ1v) is 14.0. The lowest BCUT2D eigenvalue weighted by molar-refractivity contribution is -0.127. The highest BCUT2D eigenvalue weighted by atomic mass is 35.5. The van der Waals surface area contributed by atoms with Crippen LogP contribution in [0.3, 0.4) is 0 Å². The first kappa shape index (κ1) is 28.6. The summed E-state index contributed by atoms with van der Waals surface area (Å²) in [5.74, 6) is -0.834. The first-order chi connectivity index (χ1) is 18.8. The second-order valence-electron chi connectivity index (χ2n) is 8.77. The van der Waals surface area contributed by atoms with Crippen LogP contribution in [0.1, 0.15) is 63.4 Å². The van der Waals surface area contributed by atoms with Gasteiger partial charge in [0.25, 0.3) is 11.8 Å². The molecule has 3 aromatic rings. The van der Waals surface area contributed by atoms with Crippen molar-refractivity contribution < 1.29 is 23.9 Å². The predicted octanol–water partition coefficient (Wildman–Crippen LogP) is 6.28. The molecule has 1 aliphatic carbocycles. The molecule has 0 saturated carbocycles. The topological polar surface area (TPSA) is 106 Å². The molecule has 1 aliphatic rings. The maximum absolute atomic E-state index is 13.0. The number of benzene rings is 2. The molecule has 0 radical (unpaired) electrons. The Bertz CT molecular complexity index is 1400. The van der Waals surface area contributed by atoms with Crippen molar-refractivity contribution in [3.8, 4) is 5.75 Å². The standard InChI is InChI=1S/C28H27Cl2N3O5S/c1-3-37-28(36)24-21-6-4-5-7-23(21)39-27(24)32-26(35)17-9-12-20(13-10-17)38-16(2)25(34)33-31-15-18-8-11-19(29)14-22(18)30/h8-16H,3-7H2,1-2H3,(H,32,35)(H,33,34)/b31-15-/t16-/m0/s1. The van der Waals surface area contributed by atoms with Gasteiger partial charge in [-0.2, -0.15) is 5.10 Å². The van der Waals surface area contributed by atoms with Gasteiger partial charge >= 0.3 is 5.97 Å². The molecule has 204 valence electrons. The number of hydrogen-bond acceptors (Lipinski definition) is 7. The molecular weight excluding hydrogens is 561 g/mol. The molecule has 0 bridgehead atoms. The lowest BCUT2D eigenvalue weighted by atomic mass is 9.95. The fraction of sp³-hybridized carbons (Fsp3) is 0.286. The molecular formula is C28H27Cl2N3O5S. The molecule has 0 spiro atoms. The Morgan fingerprint density at radius 3 is 2.56 bits per heavy atom. The summed E-state index contributed by atoms with van der Waals surface area (Å²) in [7, 11) is 0. The Hall–Kier alpha value is -3.40. The van der Waals surface area contributed by atoms with Gasteiger partial charge in [0.15, 0.2) is 6.10 Å². The van der Waals surface area contributed by atoms with Crippen LogP contribution in [0.5, 0.6) is 5.75 Å². The van der Waals surface area contributed by atoms with Gasteiger partial charge in [0.1, 0.15) is 10.8 Å². The van der Waals surface area contributed by atoms with Crippen molar-refractivity contribution >= 4 is 63.5 Å². The summed E-state index contributed by atoms with van der Waals surface area (Å²) >= 11 is 13.4. The number of halogens is 2. The second kappa shape index (κ2) is 13.1. The number of carbonyl (C=O) groups is 3. The predicted molar refractivity (Wildman–Crippen MR) is 154 cm³/mol. The monoisotopic (exact) mass is 587 g/mol. The summed E-state index contributed by atoms with van der Waals surface area (Å²) in [4.78, 5) is 39.1. The van der Waals surface area contributed by atoms with E-state index in [1.807, 2.05) is 0 Å². The Morgan fingerprint density at radius 1 is 1.10 bits per heavy atom. The number of rotatable bonds is 9. The molecule has 1 atom stereocenters. The number of hydrazone groups is 1. The van der Waals surface area contributed by atoms with Crippen molar-refractivity contribution in [3.05, 3.63) is 79.6 Å². The molecule has 0 unspecified atom stereocenters. The van der Waals surface area contributed by atoms with Crippen LogP contribution in [0.2, 0.25) is 10.0 Å². The molecule has 4 rings (SSSR count). The molecule has 2 amide bonds. The van der Waals surface area contributed by atoms with E-state index in [-0.39, 0.29) is 12.5 Å². The number of esters is 1. The summed E-state index contributed by atoms with van der Waals surface area (Å²) in [6.07, 6.45) is 4.31. The van der Waals surface area contributed by atoms with Crippen LogP contribution in [0.4, 0.5) is 5.00 Å². The highest BCUT2D eigenvalue weighted by Crippen LogP contribution is 2.39. The summed E-state index contributed by atoms with van der Waals surface area (Å²) in [6, 6.07) is 11.3. The zero-order chi connectivity index (χ0) is 27.9. The van der Waals surface area contributed by atoms with E-state index >= 15 is 0 Å². The van der Waals surface area contributed by atoms with E-state index in [4.69, 9.17) is 32.7 Å². The third-order valence-electron chi connectivity index (χ3n) is 6.02. The fourth-order valence-electron chi connectivity index (χ4n) is 4.05. The number of thiophene rings is 1. The second-order valence-corrected chi connectivity index (χ2v) is 10.7. The van der Waals surface area contributed by atoms with Gasteiger partial charge in [-0.3, -0.25) is 9.59 Å². The van der Waals surface area contributed by atoms with Gasteiger partial charge in [-0.05, 0) is 81.5 Å². The van der Waals surface area contributed by atoms with Crippen LogP contribution >= 0.6 is 34.5 Å². The number of anilines is 1. The molecule has 2 aromatic carbocycles. The third-order valence-corrected chi connectivity index (χ3v) is 7.79. The van der Waals surface area contributed by atoms with Crippen LogP contribution < -0.4 is 15.5 Å². The highest BCUT2D eigenvalue weighted by molar-refractivity contribution is 7.17. The number of amides is 2. The van der Waals surface area contributed by atoms with Crippen molar-refractivity contribution in [2.75, 3.05) is 11.9 Å². The highest BCUT2D eigenvalue weighted by Gasteiger charge is 2.27. The number of ether oxygens (including phenoxy) is 2. The Balaban J connectivity index is 1.36. The number of hydrogen-bond donors (Lipinski definition) is 2. The molecule has 1 heterocycles. The summed E-state index contributed by atoms with van der Waals surface area (Å²) in [5, 5.41) is 8.21. The van der Waals surface area contributed by atoms with Gasteiger partial charge in [-0.15, -0.1) is 11.3 Å². The SMILES string of the molecule is CCOC(=O)c1c(NC(=O)c2ccc(O[C@@H](C)C(=O)N/N=C\c3ccc(Cl)cc3Cl)cc2)sc2c1CCCC2. The third kappa shape index (κ3) is 7.17. The van der Waals surface area contributed by atoms with Crippen LogP contribution in [-0.2, 0) is 22.4 Å². The number of aryl methyl sites for hydroxylation is 1. The smallest absolute Gasteiger partial charge is 0.341 e. The average molecular weight is 589 g/mol. The number of fused-ring (bicyclic) bond motifs is 1. The number of carbonyl (C=O) groups excluding carboxylic acids is 3. The van der Waals surface area contributed by atoms with Gasteiger partial charge in [0.05, 0.1) is 23.4 Å². The summed E-state index contributed by atoms with van der Waals surface area (Å²) in [5.41, 5.74) is 4.83. The van der Waals surface area contributed by atoms with Crippen LogP contribution in [0.15, 0.2) is 47.6 Å². The van der Waals surface area contributed by atoms with Crippen molar-refractivity contribution in [1.29, 1.82) is 0 Å². The molecule has 1 aromatic heterocycles. The zero-order valence-electron chi connectivity index (χ0n) is 21.4. The van der Waals surface area contributed by atoms with Crippen LogP contribution in [0.25, 0.3) is 0 Å². The normalized spacial score (nSPS) is 13.4. The van der Waals surface area contributed by atoms with Gasteiger partial charge in [-0.1, -0.05) is 29.3 Å². The van der Waals surface area contributed by atoms with E-state index in [9.17, 15) is 14.4 Å². The Labute approximate surface area is 240 Å². The largest absolute Gasteiger partial charge is 0.481 e. The molecule has 0 aliphatic heterocycles. The van der Waals surface area contributed by atoms with Gasteiger partial charge in [0.2, 0.25) is 0 Å². The minimum absolute atomic E-state index is 0.262. The summed E-state index contributed by atoms with van der Waals surface area (Å²) in [6.45, 7) is 3.60. The molecule has 2 N–H and O–H groups in total. The van der Waals surface area contributed by atoms with E-state index in [1.54, 1.807) is 56.3 Å². The average Bonchev–Trinajstić information content (AvgIpc) is 3.28. The quantitative estimate of drug-likeness (QED) is 0.174. The van der Waals surface area contributed by atoms with E-state index < -0.39 is 18.0 Å². The zero-order valence-corrected chi connectivity index (χ0v) is 23.7. The molecule has 0 saturated heterocycles. The minimum Gasteiger partial charge on any atom is -0.481 e. The fourth-order valence-corrected chi connectivity index (χ4v) is 5.78. The van der Waals surface area contributed by atoms with Crippen molar-refractivity contribution in [2.45, 2.75) is 45.6 Å². The van der Waals surface area contributed by atoms with Crippen LogP contribution in [0, 0.1) is 0 Å².